The molecule has 1 saturated heterocycles. The Morgan fingerprint density at radius 2 is 2.00 bits per heavy atom. The van der Waals surface area contributed by atoms with Crippen LogP contribution in [-0.2, 0) is 0 Å². The highest BCUT2D eigenvalue weighted by Gasteiger charge is 2.19. The van der Waals surface area contributed by atoms with Crippen LogP contribution in [0.4, 0.5) is 11.4 Å². The van der Waals surface area contributed by atoms with Crippen LogP contribution in [-0.4, -0.2) is 30.2 Å². The maximum atomic E-state index is 11.1. The molecule has 0 spiro atoms. The second kappa shape index (κ2) is 4.63. The summed E-state index contributed by atoms with van der Waals surface area (Å²) in [7, 11) is 0. The van der Waals surface area contributed by atoms with Crippen molar-refractivity contribution in [2.45, 2.75) is 18.9 Å². The van der Waals surface area contributed by atoms with E-state index in [2.05, 4.69) is 4.90 Å². The van der Waals surface area contributed by atoms with Gasteiger partial charge in [0.25, 0.3) is 0 Å². The largest absolute Gasteiger partial charge is 0.397 e. The van der Waals surface area contributed by atoms with Gasteiger partial charge in [-0.1, -0.05) is 0 Å². The van der Waals surface area contributed by atoms with Crippen LogP contribution in [0.1, 0.15) is 23.2 Å². The number of nitrogens with zero attached hydrogens (tertiary/aromatic N) is 1. The van der Waals surface area contributed by atoms with Crippen molar-refractivity contribution >= 4 is 17.3 Å². The zero-order chi connectivity index (χ0) is 12.4. The van der Waals surface area contributed by atoms with Crippen LogP contribution in [0, 0.1) is 0 Å². The maximum Gasteiger partial charge on any atom is 0.248 e. The highest BCUT2D eigenvalue weighted by atomic mass is 16.3. The molecule has 1 aromatic carbocycles. The number of hydrogen-bond acceptors (Lipinski definition) is 4. The molecule has 1 fully saturated rings. The van der Waals surface area contributed by atoms with Crippen molar-refractivity contribution in [3.05, 3.63) is 23.8 Å². The first-order valence-corrected chi connectivity index (χ1v) is 5.70. The van der Waals surface area contributed by atoms with Crippen LogP contribution in [0.3, 0.4) is 0 Å². The molecule has 2 rings (SSSR count). The Hall–Kier alpha value is -1.75. The normalized spacial score (nSPS) is 17.1. The molecule has 1 aliphatic rings. The van der Waals surface area contributed by atoms with Gasteiger partial charge in [-0.3, -0.25) is 4.79 Å². The van der Waals surface area contributed by atoms with Gasteiger partial charge in [0.1, 0.15) is 0 Å². The number of rotatable bonds is 2. The zero-order valence-corrected chi connectivity index (χ0v) is 9.60. The van der Waals surface area contributed by atoms with Gasteiger partial charge >= 0.3 is 0 Å². The number of aliphatic hydroxyl groups is 1. The van der Waals surface area contributed by atoms with Crippen LogP contribution < -0.4 is 16.4 Å². The third kappa shape index (κ3) is 2.50. The lowest BCUT2D eigenvalue weighted by atomic mass is 10.1. The Labute approximate surface area is 100 Å². The number of aliphatic hydroxyl groups excluding tert-OH is 1. The van der Waals surface area contributed by atoms with E-state index in [1.54, 1.807) is 18.2 Å². The number of nitrogen functional groups attached to an aromatic ring is 1. The Bertz CT molecular complexity index is 426. The minimum absolute atomic E-state index is 0.230. The van der Waals surface area contributed by atoms with Gasteiger partial charge in [-0.15, -0.1) is 0 Å². The van der Waals surface area contributed by atoms with E-state index in [-0.39, 0.29) is 6.10 Å². The summed E-state index contributed by atoms with van der Waals surface area (Å²) in [5.41, 5.74) is 13.1. The fraction of sp³-hybridized carbons (Fsp3) is 0.417. The predicted octanol–water partition coefficient (Wildman–Crippen LogP) is 0.329. The van der Waals surface area contributed by atoms with E-state index >= 15 is 0 Å². The third-order valence-corrected chi connectivity index (χ3v) is 3.12. The molecule has 1 aromatic rings. The lowest BCUT2D eigenvalue weighted by Crippen LogP contribution is -2.36. The van der Waals surface area contributed by atoms with Crippen molar-refractivity contribution in [1.82, 2.24) is 0 Å². The molecule has 5 heteroatoms. The average Bonchev–Trinajstić information content (AvgIpc) is 2.31. The number of piperidine rings is 1. The molecular formula is C12H17N3O2. The molecule has 5 nitrogen and oxygen atoms in total. The molecule has 0 unspecified atom stereocenters. The molecule has 0 radical (unpaired) electrons. The fourth-order valence-electron chi connectivity index (χ4n) is 2.08. The first-order valence-electron chi connectivity index (χ1n) is 5.70. The Morgan fingerprint density at radius 1 is 1.35 bits per heavy atom. The van der Waals surface area contributed by atoms with Crippen molar-refractivity contribution in [3.63, 3.8) is 0 Å². The minimum Gasteiger partial charge on any atom is -0.397 e. The van der Waals surface area contributed by atoms with E-state index < -0.39 is 5.91 Å². The lowest BCUT2D eigenvalue weighted by molar-refractivity contribution is 0.1000. The molecule has 0 aliphatic carbocycles. The molecule has 1 amide bonds. The zero-order valence-electron chi connectivity index (χ0n) is 9.60. The number of carbonyl (C=O) groups excluding carboxylic acids is 1. The quantitative estimate of drug-likeness (QED) is 0.644. The smallest absolute Gasteiger partial charge is 0.248 e. The molecule has 92 valence electrons. The molecule has 1 heterocycles. The van der Waals surface area contributed by atoms with Crippen molar-refractivity contribution in [3.8, 4) is 0 Å². The van der Waals surface area contributed by atoms with Gasteiger partial charge in [0.2, 0.25) is 5.91 Å². The highest BCUT2D eigenvalue weighted by Crippen LogP contribution is 2.27. The van der Waals surface area contributed by atoms with Gasteiger partial charge in [0.15, 0.2) is 0 Å². The molecular weight excluding hydrogens is 218 g/mol. The summed E-state index contributed by atoms with van der Waals surface area (Å²) in [4.78, 5) is 13.2. The van der Waals surface area contributed by atoms with Gasteiger partial charge in [0, 0.05) is 18.7 Å². The Balaban J connectivity index is 2.25. The van der Waals surface area contributed by atoms with Crippen LogP contribution in [0.25, 0.3) is 0 Å². The molecule has 0 saturated carbocycles. The monoisotopic (exact) mass is 235 g/mol. The summed E-state index contributed by atoms with van der Waals surface area (Å²) in [5.74, 6) is -0.455. The van der Waals surface area contributed by atoms with E-state index in [4.69, 9.17) is 11.5 Å². The Morgan fingerprint density at radius 3 is 2.59 bits per heavy atom. The molecule has 1 aliphatic heterocycles. The predicted molar refractivity (Wildman–Crippen MR) is 66.8 cm³/mol. The van der Waals surface area contributed by atoms with E-state index in [0.29, 0.717) is 11.3 Å². The number of carbonyl (C=O) groups is 1. The van der Waals surface area contributed by atoms with Crippen LogP contribution in [0.2, 0.25) is 0 Å². The fourth-order valence-corrected chi connectivity index (χ4v) is 2.08. The molecule has 0 bridgehead atoms. The van der Waals surface area contributed by atoms with Crippen molar-refractivity contribution < 1.29 is 9.90 Å². The maximum absolute atomic E-state index is 11.1. The number of nitrogens with two attached hydrogens (primary N) is 2. The molecule has 17 heavy (non-hydrogen) atoms. The van der Waals surface area contributed by atoms with E-state index in [1.165, 1.54) is 0 Å². The summed E-state index contributed by atoms with van der Waals surface area (Å²) in [6, 6.07) is 5.04. The van der Waals surface area contributed by atoms with E-state index in [1.807, 2.05) is 0 Å². The summed E-state index contributed by atoms with van der Waals surface area (Å²) in [6.45, 7) is 1.49. The Kier molecular flexibility index (Phi) is 3.19. The summed E-state index contributed by atoms with van der Waals surface area (Å²) >= 11 is 0. The summed E-state index contributed by atoms with van der Waals surface area (Å²) in [5, 5.41) is 9.45. The standard InChI is InChI=1S/C12H17N3O2/c13-10-2-1-8(12(14)17)7-11(10)15-5-3-9(16)4-6-15/h1-2,7,9,16H,3-6,13H2,(H2,14,17). The number of primary amides is 1. The first-order chi connectivity index (χ1) is 8.08. The number of anilines is 2. The van der Waals surface area contributed by atoms with E-state index in [0.717, 1.165) is 31.6 Å². The summed E-state index contributed by atoms with van der Waals surface area (Å²) < 4.78 is 0. The SMILES string of the molecule is NC(=O)c1ccc(N)c(N2CCC(O)CC2)c1. The average molecular weight is 235 g/mol. The van der Waals surface area contributed by atoms with Crippen molar-refractivity contribution in [2.24, 2.45) is 5.73 Å². The van der Waals surface area contributed by atoms with Gasteiger partial charge in [0.05, 0.1) is 17.5 Å². The topological polar surface area (TPSA) is 92.6 Å². The highest BCUT2D eigenvalue weighted by molar-refractivity contribution is 5.95. The van der Waals surface area contributed by atoms with Crippen LogP contribution in [0.15, 0.2) is 18.2 Å². The first kappa shape index (κ1) is 11.7. The van der Waals surface area contributed by atoms with Crippen LogP contribution >= 0.6 is 0 Å². The van der Waals surface area contributed by atoms with E-state index in [9.17, 15) is 9.90 Å². The number of benzene rings is 1. The number of amides is 1. The second-order valence-electron chi connectivity index (χ2n) is 4.36. The van der Waals surface area contributed by atoms with Crippen molar-refractivity contribution in [1.29, 1.82) is 0 Å². The van der Waals surface area contributed by atoms with Gasteiger partial charge in [-0.2, -0.15) is 0 Å². The minimum atomic E-state index is -0.455. The summed E-state index contributed by atoms with van der Waals surface area (Å²) in [6.07, 6.45) is 1.22. The van der Waals surface area contributed by atoms with Gasteiger partial charge < -0.3 is 21.5 Å². The van der Waals surface area contributed by atoms with Crippen LogP contribution in [0.5, 0.6) is 0 Å². The molecule has 0 aromatic heterocycles. The third-order valence-electron chi connectivity index (χ3n) is 3.12. The van der Waals surface area contributed by atoms with Gasteiger partial charge in [-0.05, 0) is 31.0 Å². The second-order valence-corrected chi connectivity index (χ2v) is 4.36. The molecule has 0 atom stereocenters. The van der Waals surface area contributed by atoms with Crippen molar-refractivity contribution in [2.75, 3.05) is 23.7 Å². The lowest BCUT2D eigenvalue weighted by Gasteiger charge is -2.32. The van der Waals surface area contributed by atoms with Gasteiger partial charge in [-0.25, -0.2) is 0 Å². The number of hydrogen-bond donors (Lipinski definition) is 3. The molecule has 5 N–H and O–H groups in total.